The summed E-state index contributed by atoms with van der Waals surface area (Å²) in [4.78, 5) is 0. The molecule has 0 unspecified atom stereocenters. The van der Waals surface area contributed by atoms with Crippen LogP contribution in [0.15, 0.2) is 5.16 Å². The number of rotatable bonds is 10. The van der Waals surface area contributed by atoms with E-state index in [0.717, 1.165) is 30.4 Å². The topological polar surface area (TPSA) is 166 Å². The highest BCUT2D eigenvalue weighted by atomic mass is 32.3. The van der Waals surface area contributed by atoms with Crippen LogP contribution in [0.1, 0.15) is 25.7 Å². The van der Waals surface area contributed by atoms with E-state index in [0.29, 0.717) is 12.8 Å². The summed E-state index contributed by atoms with van der Waals surface area (Å²) in [6.45, 7) is -0.579. The molecule has 1 fully saturated rings. The molecular formula is C13H25NO9S3. The first-order valence-corrected chi connectivity index (χ1v) is 11.5. The van der Waals surface area contributed by atoms with E-state index in [9.17, 15) is 28.8 Å². The minimum Gasteiger partial charge on any atom is -0.394 e. The highest BCUT2D eigenvalue weighted by molar-refractivity contribution is 8.14. The van der Waals surface area contributed by atoms with Gasteiger partial charge in [0, 0.05) is 0 Å². The molecule has 1 heterocycles. The highest BCUT2D eigenvalue weighted by Crippen LogP contribution is 2.30. The van der Waals surface area contributed by atoms with Gasteiger partial charge in [-0.1, -0.05) is 23.3 Å². The number of nitrogens with zero attached hydrogens (tertiary/aromatic N) is 1. The fourth-order valence-electron chi connectivity index (χ4n) is 2.21. The van der Waals surface area contributed by atoms with E-state index >= 15 is 0 Å². The SMILES string of the molecule is CSCCCCC/C(=N/OS(=O)(=O)O)S[C@@H]1O[C@H](CO)[C@@H](O)[C@H](O)[C@H]1O. The molecule has 0 saturated carbocycles. The Kier molecular flexibility index (Phi) is 10.7. The molecule has 10 nitrogen and oxygen atoms in total. The Morgan fingerprint density at radius 1 is 1.15 bits per heavy atom. The van der Waals surface area contributed by atoms with Gasteiger partial charge in [0.2, 0.25) is 0 Å². The Morgan fingerprint density at radius 3 is 2.42 bits per heavy atom. The molecular weight excluding hydrogens is 410 g/mol. The second-order valence-corrected chi connectivity index (χ2v) is 8.77. The standard InChI is InChI=1S/C13H25NO9S3/c1-24-6-4-2-3-5-9(14-23-26(19,20)21)25-13-12(18)11(17)10(16)8(7-15)22-13/h8,10-13,15-18H,2-7H2,1H3,(H,19,20,21)/b14-9-/t8-,10-,11+,12-,13+/m1/s1. The first-order chi connectivity index (χ1) is 12.2. The van der Waals surface area contributed by atoms with Crippen LogP contribution < -0.4 is 0 Å². The lowest BCUT2D eigenvalue weighted by Crippen LogP contribution is -2.57. The molecule has 5 atom stereocenters. The van der Waals surface area contributed by atoms with Crippen LogP contribution in [0.3, 0.4) is 0 Å². The molecule has 1 rings (SSSR count). The average molecular weight is 436 g/mol. The van der Waals surface area contributed by atoms with Gasteiger partial charge < -0.3 is 25.2 Å². The van der Waals surface area contributed by atoms with Gasteiger partial charge in [-0.3, -0.25) is 4.55 Å². The van der Waals surface area contributed by atoms with Crippen molar-refractivity contribution in [2.45, 2.75) is 55.5 Å². The first kappa shape index (κ1) is 23.9. The highest BCUT2D eigenvalue weighted by Gasteiger charge is 2.44. The summed E-state index contributed by atoms with van der Waals surface area (Å²) in [5.41, 5.74) is -1.11. The number of ether oxygens (including phenoxy) is 1. The van der Waals surface area contributed by atoms with E-state index in [4.69, 9.17) is 9.29 Å². The van der Waals surface area contributed by atoms with Gasteiger partial charge in [0.05, 0.1) is 6.61 Å². The van der Waals surface area contributed by atoms with Crippen molar-refractivity contribution in [2.75, 3.05) is 18.6 Å². The predicted molar refractivity (Wildman–Crippen MR) is 98.3 cm³/mol. The number of aliphatic hydroxyl groups excluding tert-OH is 4. The Hall–Kier alpha value is -0.120. The molecule has 0 spiro atoms. The summed E-state index contributed by atoms with van der Waals surface area (Å²) in [6, 6.07) is 0. The molecule has 0 bridgehead atoms. The van der Waals surface area contributed by atoms with E-state index < -0.39 is 46.9 Å². The van der Waals surface area contributed by atoms with E-state index in [2.05, 4.69) is 9.44 Å². The minimum absolute atomic E-state index is 0.121. The minimum atomic E-state index is -4.78. The quantitative estimate of drug-likeness (QED) is 0.0993. The lowest BCUT2D eigenvalue weighted by molar-refractivity contribution is -0.205. The molecule has 1 aliphatic heterocycles. The van der Waals surface area contributed by atoms with Crippen LogP contribution in [0, 0.1) is 0 Å². The fraction of sp³-hybridized carbons (Fsp3) is 0.923. The molecule has 1 saturated heterocycles. The van der Waals surface area contributed by atoms with Crippen molar-refractivity contribution in [3.63, 3.8) is 0 Å². The molecule has 0 aliphatic carbocycles. The number of oxime groups is 1. The molecule has 0 aromatic rings. The van der Waals surface area contributed by atoms with Gasteiger partial charge in [0.1, 0.15) is 34.9 Å². The second kappa shape index (κ2) is 11.7. The first-order valence-electron chi connectivity index (χ1n) is 7.88. The van der Waals surface area contributed by atoms with Gasteiger partial charge in [-0.15, -0.1) is 0 Å². The maximum Gasteiger partial charge on any atom is 0.466 e. The van der Waals surface area contributed by atoms with Crippen LogP contribution in [-0.4, -0.2) is 86.9 Å². The maximum atomic E-state index is 10.7. The third-order valence-corrected chi connectivity index (χ3v) is 5.71. The number of aliphatic hydroxyl groups is 4. The molecule has 5 N–H and O–H groups in total. The molecule has 154 valence electrons. The van der Waals surface area contributed by atoms with Crippen LogP contribution in [0.25, 0.3) is 0 Å². The Labute approximate surface area is 160 Å². The van der Waals surface area contributed by atoms with Crippen molar-refractivity contribution < 1.29 is 42.4 Å². The Bertz CT molecular complexity index is 543. The van der Waals surface area contributed by atoms with Crippen molar-refractivity contribution in [1.82, 2.24) is 0 Å². The summed E-state index contributed by atoms with van der Waals surface area (Å²) in [5.74, 6) is 0.980. The van der Waals surface area contributed by atoms with Gasteiger partial charge in [-0.25, -0.2) is 4.28 Å². The average Bonchev–Trinajstić information content (AvgIpc) is 2.58. The summed E-state index contributed by atoms with van der Waals surface area (Å²) < 4.78 is 39.5. The van der Waals surface area contributed by atoms with E-state index in [-0.39, 0.29) is 5.04 Å². The lowest BCUT2D eigenvalue weighted by Gasteiger charge is -2.39. The number of unbranched alkanes of at least 4 members (excludes halogenated alkanes) is 2. The van der Waals surface area contributed by atoms with Crippen LogP contribution in [-0.2, 0) is 19.4 Å². The zero-order chi connectivity index (χ0) is 19.7. The van der Waals surface area contributed by atoms with Crippen molar-refractivity contribution in [3.8, 4) is 0 Å². The zero-order valence-corrected chi connectivity index (χ0v) is 16.6. The van der Waals surface area contributed by atoms with E-state index in [1.54, 1.807) is 11.8 Å². The van der Waals surface area contributed by atoms with Crippen molar-refractivity contribution in [2.24, 2.45) is 5.16 Å². The monoisotopic (exact) mass is 435 g/mol. The van der Waals surface area contributed by atoms with Crippen molar-refractivity contribution >= 4 is 39.0 Å². The third kappa shape index (κ3) is 8.27. The predicted octanol–water partition coefficient (Wildman–Crippen LogP) is -0.424. The number of thioether (sulfide) groups is 2. The van der Waals surface area contributed by atoms with Gasteiger partial charge in [0.15, 0.2) is 0 Å². The Balaban J connectivity index is 2.76. The van der Waals surface area contributed by atoms with E-state index in [1.807, 2.05) is 6.26 Å². The summed E-state index contributed by atoms with van der Waals surface area (Å²) in [7, 11) is -4.78. The van der Waals surface area contributed by atoms with Crippen LogP contribution in [0.2, 0.25) is 0 Å². The Morgan fingerprint density at radius 2 is 1.85 bits per heavy atom. The molecule has 26 heavy (non-hydrogen) atoms. The normalized spacial score (nSPS) is 30.4. The summed E-state index contributed by atoms with van der Waals surface area (Å²) in [5, 5.41) is 42.3. The molecule has 1 aliphatic rings. The maximum absolute atomic E-state index is 10.7. The number of hydrogen-bond donors (Lipinski definition) is 5. The van der Waals surface area contributed by atoms with Crippen LogP contribution >= 0.6 is 23.5 Å². The smallest absolute Gasteiger partial charge is 0.394 e. The van der Waals surface area contributed by atoms with Gasteiger partial charge in [-0.2, -0.15) is 20.2 Å². The summed E-state index contributed by atoms with van der Waals surface area (Å²) >= 11 is 2.50. The van der Waals surface area contributed by atoms with Gasteiger partial charge in [0.25, 0.3) is 0 Å². The fourth-order valence-corrected chi connectivity index (χ4v) is 4.05. The van der Waals surface area contributed by atoms with Crippen LogP contribution in [0.5, 0.6) is 0 Å². The largest absolute Gasteiger partial charge is 0.466 e. The van der Waals surface area contributed by atoms with Gasteiger partial charge >= 0.3 is 10.4 Å². The molecule has 0 amide bonds. The molecule has 0 aromatic carbocycles. The van der Waals surface area contributed by atoms with Crippen molar-refractivity contribution in [3.05, 3.63) is 0 Å². The number of hydrogen-bond acceptors (Lipinski definition) is 11. The van der Waals surface area contributed by atoms with Crippen molar-refractivity contribution in [1.29, 1.82) is 0 Å². The van der Waals surface area contributed by atoms with Gasteiger partial charge in [-0.05, 0) is 31.3 Å². The lowest BCUT2D eigenvalue weighted by atomic mass is 10.0. The third-order valence-electron chi connectivity index (χ3n) is 3.57. The second-order valence-electron chi connectivity index (χ2n) is 5.61. The molecule has 0 aromatic heterocycles. The van der Waals surface area contributed by atoms with E-state index in [1.165, 1.54) is 0 Å². The van der Waals surface area contributed by atoms with Crippen LogP contribution in [0.4, 0.5) is 0 Å². The molecule has 0 radical (unpaired) electrons. The molecule has 13 heteroatoms. The zero-order valence-electron chi connectivity index (χ0n) is 14.2. The summed E-state index contributed by atoms with van der Waals surface area (Å²) in [6.07, 6.45) is -0.887.